The summed E-state index contributed by atoms with van der Waals surface area (Å²) in [5.41, 5.74) is 1.96. The number of hydrogen-bond acceptors (Lipinski definition) is 28. The Kier molecular flexibility index (Phi) is 27.2. The number of methoxy groups -OCH3 is 1. The first-order valence-corrected chi connectivity index (χ1v) is 37.5. The number of phenolic OH excluding ortho intramolecular Hbond substituents is 3. The molecule has 6 aromatic carbocycles. The maximum absolute atomic E-state index is 16.2. The zero-order valence-corrected chi connectivity index (χ0v) is 64.9. The van der Waals surface area contributed by atoms with Gasteiger partial charge in [-0.2, -0.15) is 0 Å². The number of carboxylic acids is 1. The average molecular weight is 1680 g/mol. The number of carbonyl (C=O) groups is 9. The lowest BCUT2D eigenvalue weighted by molar-refractivity contribution is -0.334. The lowest BCUT2D eigenvalue weighted by Gasteiger charge is -2.48. The number of fused-ring (bicyclic) bond motifs is 15. The minimum atomic E-state index is -2.39. The third-order valence-corrected chi connectivity index (χ3v) is 21.1. The van der Waals surface area contributed by atoms with Crippen LogP contribution < -0.4 is 62.5 Å². The smallest absolute Gasteiger partial charge is 0.336 e. The first-order chi connectivity index (χ1) is 55.0. The number of carbonyl (C=O) groups excluding carboxylic acids is 8. The number of halogens is 3. The van der Waals surface area contributed by atoms with E-state index in [1.165, 1.54) is 26.1 Å². The summed E-state index contributed by atoms with van der Waals surface area (Å²) < 4.78 is 50.3. The first kappa shape index (κ1) is 86.6. The van der Waals surface area contributed by atoms with Gasteiger partial charge in [-0.3, -0.25) is 33.6 Å². The topological polar surface area (TPSA) is 552 Å². The molecule has 0 aromatic heterocycles. The van der Waals surface area contributed by atoms with Gasteiger partial charge >= 0.3 is 11.9 Å². The SMILES string of the molecule is CN[C@H](CC(C)C)C(=O)N[C@@H]1C(=O)NC(CC(N)=O)C(=O)NC2C(=O)NC3C(=O)N[C@H](C(=O)NC(C(=O)O)c4cc(O)cc(O)c4-c4cc3ccc4O)[C@H](O)c3ccc(c(Cl)c3)Oc3cc2cc(c3OC2OC(CO)C(O)C(O)C2OC2CC(C)(NCC(OCc3ccc(Cl)cc3)C(=O)OC)C(O)C(C)O2)Oc2ccc(cc2Cl)C1O. The summed E-state index contributed by atoms with van der Waals surface area (Å²) in [5.74, 6) is -17.2. The summed E-state index contributed by atoms with van der Waals surface area (Å²) in [7, 11) is 2.62. The molecular formula is C77H86Cl3N9O27. The third-order valence-electron chi connectivity index (χ3n) is 20.3. The second-order valence-corrected chi connectivity index (χ2v) is 30.2. The molecule has 0 aliphatic carbocycles. The highest BCUT2D eigenvalue weighted by molar-refractivity contribution is 6.32. The molecule has 13 rings (SSSR count). The molecule has 0 spiro atoms. The Bertz CT molecular complexity index is 4740. The molecule has 2 saturated heterocycles. The number of likely N-dealkylation sites (N-methyl/N-ethyl adjacent to an activating group) is 1. The van der Waals surface area contributed by atoms with Crippen molar-refractivity contribution >= 4 is 88.1 Å². The fourth-order valence-corrected chi connectivity index (χ4v) is 14.7. The van der Waals surface area contributed by atoms with E-state index in [-0.39, 0.29) is 54.4 Å². The Hall–Kier alpha value is -10.3. The predicted octanol–water partition coefficient (Wildman–Crippen LogP) is 2.15. The number of esters is 1. The number of aliphatic hydroxyl groups excluding tert-OH is 6. The minimum absolute atomic E-state index is 0.0787. The minimum Gasteiger partial charge on any atom is -0.508 e. The maximum atomic E-state index is 16.2. The van der Waals surface area contributed by atoms with Crippen molar-refractivity contribution in [2.75, 3.05) is 27.3 Å². The molecule has 6 aromatic rings. The normalized spacial score (nSPS) is 27.4. The standard InChI is InChI=1S/C77H86Cl3N9O27/c1-30(2)17-43(82-5)68(100)88-59-61(95)34-10-15-47(41(79)19-34)112-49-21-36-22-50(65(49)116-76-66(64(98)63(97)52(28-90)114-76)115-54-26-77(4,67(99)31(3)111-54)83-27-51(75(108)109-6)110-29-32-7-12-37(78)13-8-32)113-48-16-11-35(20-42(48)80)62(96)60-73(105)87-58(74(106)107)40-23-38(91)24-46(93)55(40)39-18-33(9-14-45(39)92)56(70(102)89-60)86-71(103)57(36)85-69(101)44(25-53(81)94)84-72(59)104/h7-16,18-24,30-31,43-44,51-52,54,56-64,66-67,76,82-83,90-93,95-99H,17,25-29H2,1-6H3,(H2,81,94)(H,84,104)(H,85,101)(H,86,103)(H,87,105)(H,88,100)(H,89,102)(H,106,107)/t31?,43-,44?,51?,52?,54?,56?,57?,58?,59+,60+,61?,62-,63?,64?,66?,67?,76?,77?/m1/s1. The summed E-state index contributed by atoms with van der Waals surface area (Å²) in [5, 5.41) is 137. The van der Waals surface area contributed by atoms with Crippen molar-refractivity contribution in [2.24, 2.45) is 11.7 Å². The molecule has 19 atom stereocenters. The molecule has 7 heterocycles. The molecule has 39 heteroatoms. The molecule has 622 valence electrons. The fourth-order valence-electron chi connectivity index (χ4n) is 14.1. The van der Waals surface area contributed by atoms with Crippen LogP contribution in [-0.4, -0.2) is 217 Å². The Morgan fingerprint density at radius 2 is 1.32 bits per heavy atom. The van der Waals surface area contributed by atoms with Crippen LogP contribution in [0.25, 0.3) is 11.1 Å². The van der Waals surface area contributed by atoms with Gasteiger partial charge < -0.3 is 137 Å². The molecule has 20 N–H and O–H groups in total. The molecule has 2 fully saturated rings. The monoisotopic (exact) mass is 1670 g/mol. The Morgan fingerprint density at radius 1 is 0.698 bits per heavy atom. The number of hydrogen-bond donors (Lipinski definition) is 19. The van der Waals surface area contributed by atoms with Gasteiger partial charge in [0.25, 0.3) is 0 Å². The first-order valence-electron chi connectivity index (χ1n) is 36.3. The fraction of sp³-hybridized carbons (Fsp3) is 0.416. The maximum Gasteiger partial charge on any atom is 0.336 e. The van der Waals surface area contributed by atoms with E-state index in [1.807, 2.05) is 13.8 Å². The summed E-state index contributed by atoms with van der Waals surface area (Å²) in [6, 6.07) is 5.57. The van der Waals surface area contributed by atoms with Gasteiger partial charge in [-0.1, -0.05) is 79.0 Å². The predicted molar refractivity (Wildman–Crippen MR) is 405 cm³/mol. The van der Waals surface area contributed by atoms with Crippen LogP contribution in [-0.2, 0) is 73.4 Å². The van der Waals surface area contributed by atoms with Gasteiger partial charge in [-0.25, -0.2) is 9.59 Å². The van der Waals surface area contributed by atoms with Crippen molar-refractivity contribution in [3.63, 3.8) is 0 Å². The van der Waals surface area contributed by atoms with Crippen LogP contribution in [0.4, 0.5) is 0 Å². The van der Waals surface area contributed by atoms with Crippen LogP contribution >= 0.6 is 34.8 Å². The van der Waals surface area contributed by atoms with Crippen LogP contribution in [0.3, 0.4) is 0 Å². The molecule has 11 bridgehead atoms. The van der Waals surface area contributed by atoms with Crippen LogP contribution in [0.5, 0.6) is 46.0 Å². The van der Waals surface area contributed by atoms with E-state index in [4.69, 9.17) is 78.4 Å². The summed E-state index contributed by atoms with van der Waals surface area (Å²) in [4.78, 5) is 131. The second-order valence-electron chi connectivity index (χ2n) is 29.0. The van der Waals surface area contributed by atoms with Crippen LogP contribution in [0.2, 0.25) is 15.1 Å². The Labute approximate surface area is 676 Å². The zero-order chi connectivity index (χ0) is 84.2. The number of phenols is 3. The number of amides is 7. The van der Waals surface area contributed by atoms with Gasteiger partial charge in [0.05, 0.1) is 55.0 Å². The zero-order valence-electron chi connectivity index (χ0n) is 62.7. The van der Waals surface area contributed by atoms with Crippen LogP contribution in [0.15, 0.2) is 103 Å². The Balaban J connectivity index is 1.11. The number of benzene rings is 6. The highest BCUT2D eigenvalue weighted by Gasteiger charge is 2.53. The van der Waals surface area contributed by atoms with Crippen molar-refractivity contribution in [1.29, 1.82) is 0 Å². The molecule has 7 amide bonds. The number of nitrogens with one attached hydrogen (secondary N) is 8. The van der Waals surface area contributed by atoms with E-state index in [0.29, 0.717) is 10.6 Å². The van der Waals surface area contributed by atoms with Gasteiger partial charge in [0, 0.05) is 46.3 Å². The number of aromatic hydroxyl groups is 3. The van der Waals surface area contributed by atoms with E-state index in [0.717, 1.165) is 73.8 Å². The summed E-state index contributed by atoms with van der Waals surface area (Å²) in [6.45, 7) is 5.29. The number of nitrogens with two attached hydrogens (primary N) is 1. The van der Waals surface area contributed by atoms with Gasteiger partial charge in [0.2, 0.25) is 53.4 Å². The summed E-state index contributed by atoms with van der Waals surface area (Å²) >= 11 is 20.4. The molecular weight excluding hydrogens is 1590 g/mol. The van der Waals surface area contributed by atoms with Gasteiger partial charge in [-0.15, -0.1) is 0 Å². The lowest BCUT2D eigenvalue weighted by atomic mass is 9.84. The van der Waals surface area contributed by atoms with Gasteiger partial charge in [0.1, 0.15) is 89.5 Å². The quantitative estimate of drug-likeness (QED) is 0.0487. The van der Waals surface area contributed by atoms with E-state index >= 15 is 14.4 Å². The van der Waals surface area contributed by atoms with Crippen LogP contribution in [0, 0.1) is 5.92 Å². The average Bonchev–Trinajstić information content (AvgIpc) is 0.763. The number of aliphatic carboxylic acids is 1. The van der Waals surface area contributed by atoms with Crippen molar-refractivity contribution < 1.29 is 132 Å². The van der Waals surface area contributed by atoms with E-state index in [2.05, 4.69) is 42.5 Å². The molecule has 116 heavy (non-hydrogen) atoms. The van der Waals surface area contributed by atoms with Crippen LogP contribution in [0.1, 0.15) is 111 Å². The number of rotatable bonds is 20. The number of primary amides is 1. The van der Waals surface area contributed by atoms with Crippen molar-refractivity contribution in [1.82, 2.24) is 42.5 Å². The molecule has 36 nitrogen and oxygen atoms in total. The largest absolute Gasteiger partial charge is 0.508 e. The second kappa shape index (κ2) is 36.5. The van der Waals surface area contributed by atoms with Crippen molar-refractivity contribution in [3.05, 3.63) is 152 Å². The summed E-state index contributed by atoms with van der Waals surface area (Å²) in [6.07, 6.45) is -20.9. The highest BCUT2D eigenvalue weighted by atomic mass is 35.5. The van der Waals surface area contributed by atoms with E-state index in [9.17, 15) is 79.8 Å². The third kappa shape index (κ3) is 19.2. The highest BCUT2D eigenvalue weighted by Crippen LogP contribution is 2.50. The molecule has 15 unspecified atom stereocenters. The van der Waals surface area contributed by atoms with Gasteiger partial charge in [0.15, 0.2) is 36.0 Å². The van der Waals surface area contributed by atoms with E-state index in [1.54, 1.807) is 31.2 Å². The van der Waals surface area contributed by atoms with Crippen molar-refractivity contribution in [2.45, 2.75) is 169 Å². The molecule has 7 aliphatic rings. The van der Waals surface area contributed by atoms with Crippen molar-refractivity contribution in [3.8, 4) is 57.1 Å². The number of carboxylic acid groups (broad SMARTS) is 1. The number of ether oxygens (including phenoxy) is 8. The lowest BCUT2D eigenvalue weighted by Crippen LogP contribution is -2.66. The molecule has 0 saturated carbocycles. The number of aliphatic hydroxyl groups is 6. The molecule has 7 aliphatic heterocycles. The van der Waals surface area contributed by atoms with E-state index < -0.39 is 254 Å². The Morgan fingerprint density at radius 3 is 1.92 bits per heavy atom. The van der Waals surface area contributed by atoms with Gasteiger partial charge in [-0.05, 0) is 128 Å². The molecule has 0 radical (unpaired) electrons.